The molecular formula is C29H22O. The molecule has 4 aliphatic carbocycles. The zero-order valence-electron chi connectivity index (χ0n) is 16.8. The minimum Gasteiger partial charge on any atom is -0.485 e. The second-order valence-corrected chi connectivity index (χ2v) is 8.73. The molecule has 0 N–H and O–H groups in total. The molecule has 5 aliphatic rings. The van der Waals surface area contributed by atoms with Crippen molar-refractivity contribution in [2.24, 2.45) is 0 Å². The number of rotatable bonds is 1. The Hall–Kier alpha value is -3.32. The van der Waals surface area contributed by atoms with E-state index in [1.165, 1.54) is 56.0 Å². The van der Waals surface area contributed by atoms with Crippen LogP contribution in [0, 0.1) is 0 Å². The molecule has 1 heteroatoms. The van der Waals surface area contributed by atoms with Gasteiger partial charge >= 0.3 is 0 Å². The van der Waals surface area contributed by atoms with Crippen molar-refractivity contribution in [3.8, 4) is 5.75 Å². The van der Waals surface area contributed by atoms with Gasteiger partial charge in [0.25, 0.3) is 0 Å². The van der Waals surface area contributed by atoms with Crippen molar-refractivity contribution in [2.75, 3.05) is 0 Å². The highest BCUT2D eigenvalue weighted by Crippen LogP contribution is 2.32. The smallest absolute Gasteiger partial charge is 0.128 e. The second-order valence-electron chi connectivity index (χ2n) is 8.73. The zero-order valence-corrected chi connectivity index (χ0v) is 16.8. The van der Waals surface area contributed by atoms with Crippen LogP contribution in [0.25, 0.3) is 36.0 Å². The molecule has 30 heavy (non-hydrogen) atoms. The first kappa shape index (κ1) is 16.5. The van der Waals surface area contributed by atoms with E-state index in [1.54, 1.807) is 5.57 Å². The van der Waals surface area contributed by atoms with Gasteiger partial charge in [-0.15, -0.1) is 0 Å². The Kier molecular flexibility index (Phi) is 3.34. The van der Waals surface area contributed by atoms with Gasteiger partial charge in [0.15, 0.2) is 0 Å². The lowest BCUT2D eigenvalue weighted by Crippen LogP contribution is -2.37. The fraction of sp³-hybridized carbons (Fsp3) is 0.172. The number of benzene rings is 2. The molecule has 1 heterocycles. The van der Waals surface area contributed by atoms with Gasteiger partial charge in [-0.25, -0.2) is 0 Å². The van der Waals surface area contributed by atoms with E-state index >= 15 is 0 Å². The summed E-state index contributed by atoms with van der Waals surface area (Å²) < 4.78 is 6.46. The van der Waals surface area contributed by atoms with Gasteiger partial charge in [0.1, 0.15) is 11.9 Å². The highest BCUT2D eigenvalue weighted by Gasteiger charge is 2.28. The van der Waals surface area contributed by atoms with Gasteiger partial charge in [-0.2, -0.15) is 0 Å². The summed E-state index contributed by atoms with van der Waals surface area (Å²) in [5, 5.41) is 5.32. The molecule has 0 saturated heterocycles. The van der Waals surface area contributed by atoms with Crippen molar-refractivity contribution in [1.29, 1.82) is 0 Å². The molecule has 1 unspecified atom stereocenters. The number of hydrogen-bond donors (Lipinski definition) is 0. The van der Waals surface area contributed by atoms with E-state index in [0.29, 0.717) is 0 Å². The molecule has 2 aromatic rings. The lowest BCUT2D eigenvalue weighted by Gasteiger charge is -2.26. The van der Waals surface area contributed by atoms with Crippen LogP contribution in [0.15, 0.2) is 60.2 Å². The normalized spacial score (nSPS) is 23.7. The number of ether oxygens (including phenoxy) is 1. The van der Waals surface area contributed by atoms with Gasteiger partial charge in [-0.05, 0) is 69.3 Å². The van der Waals surface area contributed by atoms with Crippen LogP contribution in [0.1, 0.15) is 41.9 Å². The highest BCUT2D eigenvalue weighted by atomic mass is 16.5. The van der Waals surface area contributed by atoms with Crippen molar-refractivity contribution in [2.45, 2.75) is 31.3 Å². The van der Waals surface area contributed by atoms with Crippen LogP contribution >= 0.6 is 0 Å². The molecule has 144 valence electrons. The molecule has 0 radical (unpaired) electrons. The average Bonchev–Trinajstić information content (AvgIpc) is 3.44. The van der Waals surface area contributed by atoms with Crippen LogP contribution in [0.2, 0.25) is 0 Å². The summed E-state index contributed by atoms with van der Waals surface area (Å²) in [5.74, 6) is 1.24. The van der Waals surface area contributed by atoms with E-state index in [2.05, 4.69) is 85.0 Å². The maximum Gasteiger partial charge on any atom is 0.128 e. The molecule has 0 aromatic heterocycles. The summed E-state index contributed by atoms with van der Waals surface area (Å²) in [6.07, 6.45) is 26.2. The van der Waals surface area contributed by atoms with Gasteiger partial charge in [-0.1, -0.05) is 78.5 Å². The van der Waals surface area contributed by atoms with Crippen LogP contribution in [-0.2, 0) is 0 Å². The Balaban J connectivity index is 1.36. The van der Waals surface area contributed by atoms with Crippen LogP contribution in [0.4, 0.5) is 0 Å². The third-order valence-corrected chi connectivity index (χ3v) is 7.15. The quantitative estimate of drug-likeness (QED) is 0.729. The zero-order chi connectivity index (χ0) is 19.7. The molecule has 2 atom stereocenters. The van der Waals surface area contributed by atoms with Crippen LogP contribution in [0.3, 0.4) is 0 Å². The summed E-state index contributed by atoms with van der Waals surface area (Å²) >= 11 is 0. The SMILES string of the molecule is C1=Cc2ccc3c(c2=C1)=C[C@H](C1C=CC=c2c1ccc1c2=CCC2=C1C=CCC2)O3. The van der Waals surface area contributed by atoms with E-state index in [4.69, 9.17) is 4.74 Å². The molecule has 1 aliphatic heterocycles. The van der Waals surface area contributed by atoms with Gasteiger partial charge in [0.05, 0.1) is 0 Å². The summed E-state index contributed by atoms with van der Waals surface area (Å²) in [6, 6.07) is 8.96. The summed E-state index contributed by atoms with van der Waals surface area (Å²) in [5.41, 5.74) is 7.11. The standard InChI is InChI=1S/C29H22O/c1-2-7-20-18(5-1)11-13-24-22-9-4-10-26(25(22)15-14-23(20)24)29-17-27-21-8-3-6-19(21)12-16-28(27)30-29/h2-4,6-10,12-17,26,29H,1,5,11H2/t26?,29-/m1/s1. The lowest BCUT2D eigenvalue weighted by atomic mass is 9.81. The van der Waals surface area contributed by atoms with Crippen LogP contribution in [0.5, 0.6) is 5.75 Å². The molecule has 0 amide bonds. The molecule has 0 bridgehead atoms. The first-order chi connectivity index (χ1) is 14.9. The van der Waals surface area contributed by atoms with E-state index < -0.39 is 0 Å². The minimum absolute atomic E-state index is 0.0372. The molecule has 0 saturated carbocycles. The molecular weight excluding hydrogens is 364 g/mol. The van der Waals surface area contributed by atoms with E-state index in [-0.39, 0.29) is 12.0 Å². The average molecular weight is 386 g/mol. The predicted molar refractivity (Wildman–Crippen MR) is 124 cm³/mol. The maximum atomic E-state index is 6.46. The third kappa shape index (κ3) is 2.24. The van der Waals surface area contributed by atoms with Crippen molar-refractivity contribution in [3.05, 3.63) is 97.8 Å². The molecule has 7 rings (SSSR count). The Morgan fingerprint density at radius 2 is 1.83 bits per heavy atom. The topological polar surface area (TPSA) is 9.23 Å². The molecule has 0 fully saturated rings. The Bertz CT molecular complexity index is 1490. The fourth-order valence-corrected chi connectivity index (χ4v) is 5.68. The summed E-state index contributed by atoms with van der Waals surface area (Å²) in [6.45, 7) is 0. The largest absolute Gasteiger partial charge is 0.485 e. The fourth-order valence-electron chi connectivity index (χ4n) is 5.68. The van der Waals surface area contributed by atoms with Crippen molar-refractivity contribution in [3.63, 3.8) is 0 Å². The number of fused-ring (bicyclic) bond motifs is 7. The Morgan fingerprint density at radius 3 is 2.83 bits per heavy atom. The van der Waals surface area contributed by atoms with Crippen molar-refractivity contribution in [1.82, 2.24) is 0 Å². The first-order valence-electron chi connectivity index (χ1n) is 11.0. The van der Waals surface area contributed by atoms with Crippen molar-refractivity contribution < 1.29 is 4.74 Å². The maximum absolute atomic E-state index is 6.46. The predicted octanol–water partition coefficient (Wildman–Crippen LogP) is 3.46. The molecule has 0 spiro atoms. The van der Waals surface area contributed by atoms with E-state index in [1.807, 2.05) is 0 Å². The summed E-state index contributed by atoms with van der Waals surface area (Å²) in [4.78, 5) is 0. The van der Waals surface area contributed by atoms with Gasteiger partial charge in [0, 0.05) is 11.1 Å². The lowest BCUT2D eigenvalue weighted by molar-refractivity contribution is 0.258. The van der Waals surface area contributed by atoms with Gasteiger partial charge in [-0.3, -0.25) is 0 Å². The Labute approximate surface area is 175 Å². The van der Waals surface area contributed by atoms with Gasteiger partial charge < -0.3 is 4.74 Å². The number of hydrogen-bond acceptors (Lipinski definition) is 1. The van der Waals surface area contributed by atoms with Crippen molar-refractivity contribution >= 4 is 36.0 Å². The van der Waals surface area contributed by atoms with E-state index in [9.17, 15) is 0 Å². The molecule has 1 nitrogen and oxygen atoms in total. The minimum atomic E-state index is 0.0372. The van der Waals surface area contributed by atoms with Gasteiger partial charge in [0.2, 0.25) is 0 Å². The highest BCUT2D eigenvalue weighted by molar-refractivity contribution is 5.82. The Morgan fingerprint density at radius 1 is 0.867 bits per heavy atom. The monoisotopic (exact) mass is 386 g/mol. The number of allylic oxidation sites excluding steroid dienone is 6. The molecule has 2 aromatic carbocycles. The summed E-state index contributed by atoms with van der Waals surface area (Å²) in [7, 11) is 0. The van der Waals surface area contributed by atoms with Crippen LogP contribution < -0.4 is 25.6 Å². The van der Waals surface area contributed by atoms with E-state index in [0.717, 1.165) is 12.2 Å². The first-order valence-corrected chi connectivity index (χ1v) is 11.0. The third-order valence-electron chi connectivity index (χ3n) is 7.15. The second kappa shape index (κ2) is 6.09. The van der Waals surface area contributed by atoms with Crippen LogP contribution in [-0.4, -0.2) is 6.10 Å².